The normalized spacial score (nSPS) is 13.3. The van der Waals surface area contributed by atoms with E-state index in [0.29, 0.717) is 31.1 Å². The number of para-hydroxylation sites is 1. The second-order valence-corrected chi connectivity index (χ2v) is 12.2. The van der Waals surface area contributed by atoms with Crippen molar-refractivity contribution in [2.45, 2.75) is 39.0 Å². The lowest BCUT2D eigenvalue weighted by molar-refractivity contribution is 0.334. The zero-order valence-electron chi connectivity index (χ0n) is 24.9. The van der Waals surface area contributed by atoms with E-state index >= 15 is 0 Å². The van der Waals surface area contributed by atoms with E-state index in [2.05, 4.69) is 63.6 Å². The molecule has 7 nitrogen and oxygen atoms in total. The number of thiophene rings is 1. The molecule has 1 aliphatic heterocycles. The average molecular weight is 594 g/mol. The van der Waals surface area contributed by atoms with Crippen LogP contribution in [0.1, 0.15) is 33.7 Å². The first-order chi connectivity index (χ1) is 21.1. The molecule has 2 aromatic heterocycles. The van der Waals surface area contributed by atoms with Crippen LogP contribution in [0, 0.1) is 0 Å². The molecule has 8 heteroatoms. The van der Waals surface area contributed by atoms with Crippen LogP contribution in [0.4, 0.5) is 17.2 Å². The van der Waals surface area contributed by atoms with Gasteiger partial charge in [-0.15, -0.1) is 11.3 Å². The molecule has 5 aromatic rings. The summed E-state index contributed by atoms with van der Waals surface area (Å²) in [5.41, 5.74) is 11.9. The van der Waals surface area contributed by atoms with Gasteiger partial charge in [0.05, 0.1) is 37.7 Å². The number of nitrogens with one attached hydrogen (secondary N) is 1. The van der Waals surface area contributed by atoms with Gasteiger partial charge in [-0.25, -0.2) is 4.98 Å². The highest BCUT2D eigenvalue weighted by molar-refractivity contribution is 7.12. The molecule has 0 bridgehead atoms. The molecule has 1 aliphatic rings. The van der Waals surface area contributed by atoms with Crippen molar-refractivity contribution in [3.8, 4) is 11.5 Å². The molecule has 43 heavy (non-hydrogen) atoms. The van der Waals surface area contributed by atoms with Crippen molar-refractivity contribution in [3.63, 3.8) is 0 Å². The van der Waals surface area contributed by atoms with E-state index in [1.807, 2.05) is 47.7 Å². The molecule has 3 heterocycles. The summed E-state index contributed by atoms with van der Waals surface area (Å²) in [6, 6.07) is 29.2. The summed E-state index contributed by atoms with van der Waals surface area (Å²) < 4.78 is 10.8. The van der Waals surface area contributed by atoms with Crippen molar-refractivity contribution >= 4 is 39.4 Å². The average Bonchev–Trinajstić information content (AvgIpc) is 3.73. The number of nitrogens with two attached hydrogens (primary N) is 1. The summed E-state index contributed by atoms with van der Waals surface area (Å²) in [4.78, 5) is 12.5. The summed E-state index contributed by atoms with van der Waals surface area (Å²) in [5.74, 6) is 2.38. The van der Waals surface area contributed by atoms with E-state index < -0.39 is 0 Å². The third-order valence-electron chi connectivity index (χ3n) is 8.01. The predicted molar refractivity (Wildman–Crippen MR) is 178 cm³/mol. The van der Waals surface area contributed by atoms with Crippen LogP contribution in [-0.2, 0) is 26.2 Å². The highest BCUT2D eigenvalue weighted by Crippen LogP contribution is 2.39. The molecule has 6 rings (SSSR count). The number of pyridine rings is 1. The Bertz CT molecular complexity index is 1600. The Kier molecular flexibility index (Phi) is 8.96. The standard InChI is InChI=1S/C35H39N5O2S/c1-41-27-13-9-25(10-14-27)22-40(23-26-11-15-28(42-2)16-12-26)34-31-7-3-4-8-32(31)38-35(33(34)36)37-21-29-17-18-30(43-29)24-39-19-5-6-20-39/h3-4,7-18H,5-6,19-24,36H2,1-2H3,(H,37,38). The SMILES string of the molecule is COc1ccc(CN(Cc2ccc(OC)cc2)c2c(N)c(NCc3ccc(CN4CCCC4)s3)nc3ccccc23)cc1. The van der Waals surface area contributed by atoms with Crippen LogP contribution in [-0.4, -0.2) is 37.2 Å². The number of anilines is 3. The zero-order chi connectivity index (χ0) is 29.6. The molecule has 1 saturated heterocycles. The first-order valence-electron chi connectivity index (χ1n) is 14.8. The highest BCUT2D eigenvalue weighted by Gasteiger charge is 2.20. The van der Waals surface area contributed by atoms with Crippen LogP contribution in [0.5, 0.6) is 11.5 Å². The molecule has 0 saturated carbocycles. The second kappa shape index (κ2) is 13.4. The number of likely N-dealkylation sites (tertiary alicyclic amines) is 1. The van der Waals surface area contributed by atoms with Crippen molar-refractivity contribution in [3.05, 3.63) is 106 Å². The van der Waals surface area contributed by atoms with Crippen molar-refractivity contribution in [2.24, 2.45) is 0 Å². The summed E-state index contributed by atoms with van der Waals surface area (Å²) >= 11 is 1.86. The number of ether oxygens (including phenoxy) is 2. The highest BCUT2D eigenvalue weighted by atomic mass is 32.1. The molecule has 0 spiro atoms. The van der Waals surface area contributed by atoms with Gasteiger partial charge < -0.3 is 25.4 Å². The Morgan fingerprint density at radius 2 is 1.42 bits per heavy atom. The molecule has 3 aromatic carbocycles. The van der Waals surface area contributed by atoms with Gasteiger partial charge in [-0.1, -0.05) is 42.5 Å². The van der Waals surface area contributed by atoms with Crippen LogP contribution in [0.15, 0.2) is 84.9 Å². The van der Waals surface area contributed by atoms with Gasteiger partial charge in [0.2, 0.25) is 0 Å². The van der Waals surface area contributed by atoms with E-state index in [0.717, 1.165) is 45.8 Å². The fraction of sp³-hybridized carbons (Fsp3) is 0.286. The van der Waals surface area contributed by atoms with Crippen LogP contribution < -0.4 is 25.4 Å². The van der Waals surface area contributed by atoms with E-state index in [9.17, 15) is 0 Å². The van der Waals surface area contributed by atoms with Gasteiger partial charge in [-0.3, -0.25) is 4.90 Å². The Balaban J connectivity index is 1.32. The predicted octanol–water partition coefficient (Wildman–Crippen LogP) is 7.31. The number of hydrogen-bond acceptors (Lipinski definition) is 8. The smallest absolute Gasteiger partial charge is 0.152 e. The van der Waals surface area contributed by atoms with Crippen LogP contribution in [0.2, 0.25) is 0 Å². The van der Waals surface area contributed by atoms with Gasteiger partial charge >= 0.3 is 0 Å². The number of rotatable bonds is 12. The van der Waals surface area contributed by atoms with Crippen LogP contribution in [0.25, 0.3) is 10.9 Å². The lowest BCUT2D eigenvalue weighted by Gasteiger charge is -2.29. The van der Waals surface area contributed by atoms with Crippen LogP contribution in [0.3, 0.4) is 0 Å². The van der Waals surface area contributed by atoms with Crippen LogP contribution >= 0.6 is 11.3 Å². The first kappa shape index (κ1) is 28.8. The Morgan fingerprint density at radius 3 is 2.05 bits per heavy atom. The molecule has 1 fully saturated rings. The number of hydrogen-bond donors (Lipinski definition) is 2. The van der Waals surface area contributed by atoms with Gasteiger partial charge in [0.1, 0.15) is 11.5 Å². The van der Waals surface area contributed by atoms with Gasteiger partial charge in [-0.2, -0.15) is 0 Å². The minimum atomic E-state index is 0.648. The van der Waals surface area contributed by atoms with Crippen molar-refractivity contribution in [1.82, 2.24) is 9.88 Å². The van der Waals surface area contributed by atoms with Gasteiger partial charge in [-0.05, 0) is 79.5 Å². The lowest BCUT2D eigenvalue weighted by atomic mass is 10.1. The van der Waals surface area contributed by atoms with Crippen molar-refractivity contribution in [2.75, 3.05) is 43.3 Å². The van der Waals surface area contributed by atoms with Gasteiger partial charge in [0.25, 0.3) is 0 Å². The van der Waals surface area contributed by atoms with E-state index in [4.69, 9.17) is 20.2 Å². The maximum atomic E-state index is 7.02. The fourth-order valence-electron chi connectivity index (χ4n) is 5.74. The molecular formula is C35H39N5O2S. The second-order valence-electron chi connectivity index (χ2n) is 11.0. The first-order valence-corrected chi connectivity index (χ1v) is 15.6. The monoisotopic (exact) mass is 593 g/mol. The number of methoxy groups -OCH3 is 2. The molecule has 0 amide bonds. The Labute approximate surface area is 257 Å². The molecule has 0 aliphatic carbocycles. The maximum absolute atomic E-state index is 7.02. The molecule has 0 radical (unpaired) electrons. The minimum Gasteiger partial charge on any atom is -0.497 e. The fourth-order valence-corrected chi connectivity index (χ4v) is 6.74. The molecular weight excluding hydrogens is 554 g/mol. The number of benzene rings is 3. The summed E-state index contributed by atoms with van der Waals surface area (Å²) in [6.07, 6.45) is 2.62. The Morgan fingerprint density at radius 1 is 0.814 bits per heavy atom. The summed E-state index contributed by atoms with van der Waals surface area (Å²) in [7, 11) is 3.38. The molecule has 0 atom stereocenters. The maximum Gasteiger partial charge on any atom is 0.152 e. The largest absolute Gasteiger partial charge is 0.497 e. The third-order valence-corrected chi connectivity index (χ3v) is 9.08. The van der Waals surface area contributed by atoms with Gasteiger partial charge in [0, 0.05) is 34.8 Å². The Hall–Kier alpha value is -4.27. The third kappa shape index (κ3) is 6.87. The number of aromatic nitrogens is 1. The minimum absolute atomic E-state index is 0.648. The van der Waals surface area contributed by atoms with E-state index in [1.165, 1.54) is 35.7 Å². The van der Waals surface area contributed by atoms with E-state index in [1.54, 1.807) is 14.2 Å². The quantitative estimate of drug-likeness (QED) is 0.157. The number of nitrogen functional groups attached to an aromatic ring is 1. The van der Waals surface area contributed by atoms with Crippen molar-refractivity contribution < 1.29 is 9.47 Å². The summed E-state index contributed by atoms with van der Waals surface area (Å²) in [6.45, 7) is 5.45. The summed E-state index contributed by atoms with van der Waals surface area (Å²) in [5, 5.41) is 4.61. The number of fused-ring (bicyclic) bond motifs is 1. The lowest BCUT2D eigenvalue weighted by Crippen LogP contribution is -2.24. The topological polar surface area (TPSA) is 75.9 Å². The van der Waals surface area contributed by atoms with Gasteiger partial charge in [0.15, 0.2) is 5.82 Å². The zero-order valence-corrected chi connectivity index (χ0v) is 25.7. The van der Waals surface area contributed by atoms with Crippen molar-refractivity contribution in [1.29, 1.82) is 0 Å². The van der Waals surface area contributed by atoms with E-state index in [-0.39, 0.29) is 0 Å². The molecule has 0 unspecified atom stereocenters. The molecule has 3 N–H and O–H groups in total. The number of nitrogens with zero attached hydrogens (tertiary/aromatic N) is 3. The molecule has 222 valence electrons.